The number of fused-ring (bicyclic) bond motifs is 7. The van der Waals surface area contributed by atoms with Gasteiger partial charge in [-0.05, 0) is 86.0 Å². The lowest BCUT2D eigenvalue weighted by Gasteiger charge is -2.40. The minimum atomic E-state index is -0.711. The van der Waals surface area contributed by atoms with Crippen molar-refractivity contribution in [1.29, 1.82) is 0 Å². The number of anilines is 1. The SMILES string of the molecule is CCc1c(F)ccc2cc(O)cc(-c3nc4c5c(nc(OC[C@@]67CCCN6[C@@H](CO)CC7)nc5c3F)N3C[C@H]5CC[C@H](N5)[C@@H]3CO4)c12. The predicted molar refractivity (Wildman–Crippen MR) is 172 cm³/mol. The molecule has 47 heavy (non-hydrogen) atoms. The molecule has 0 amide bonds. The second-order valence-electron chi connectivity index (χ2n) is 13.9. The van der Waals surface area contributed by atoms with Crippen molar-refractivity contribution in [3.63, 3.8) is 0 Å². The maximum atomic E-state index is 17.1. The molecule has 4 fully saturated rings. The van der Waals surface area contributed by atoms with E-state index in [-0.39, 0.29) is 70.7 Å². The summed E-state index contributed by atoms with van der Waals surface area (Å²) in [6.45, 7) is 4.21. The Bertz CT molecular complexity index is 1930. The summed E-state index contributed by atoms with van der Waals surface area (Å²) >= 11 is 0. The van der Waals surface area contributed by atoms with Crippen molar-refractivity contribution in [1.82, 2.24) is 25.2 Å². The quantitative estimate of drug-likeness (QED) is 0.278. The molecule has 5 aliphatic heterocycles. The van der Waals surface area contributed by atoms with Crippen molar-refractivity contribution in [3.8, 4) is 28.9 Å². The number of aryl methyl sites for hydroxylation is 1. The number of nitrogens with zero attached hydrogens (tertiary/aromatic N) is 5. The average molecular weight is 645 g/mol. The second-order valence-corrected chi connectivity index (χ2v) is 13.9. The third-order valence-electron chi connectivity index (χ3n) is 11.4. The molecule has 10 nitrogen and oxygen atoms in total. The standard InChI is InChI=1S/C35H38F2N6O4/c1-2-22-24(36)6-4-18-12-21(45)13-23(27(18)22)30-29(37)31-28-32(42-14-19-5-7-25(38-19)26(42)16-46-33(28)39-30)41-34(40-31)47-17-35-9-3-11-43(35)20(15-44)8-10-35/h4,6,12-13,19-20,25-26,38,44-45H,2-3,5,7-11,14-17H2,1H3/t19-,20-,25+,26+,35+/m1/s1. The Labute approximate surface area is 270 Å². The lowest BCUT2D eigenvalue weighted by Crippen LogP contribution is -2.60. The van der Waals surface area contributed by atoms with Crippen molar-refractivity contribution in [3.05, 3.63) is 41.5 Å². The van der Waals surface area contributed by atoms with Gasteiger partial charge in [0.2, 0.25) is 5.88 Å². The zero-order valence-corrected chi connectivity index (χ0v) is 26.3. The van der Waals surface area contributed by atoms with E-state index >= 15 is 8.78 Å². The molecule has 0 aliphatic carbocycles. The number of halogens is 2. The minimum absolute atomic E-state index is 0.0166. The second kappa shape index (κ2) is 10.8. The van der Waals surface area contributed by atoms with Crippen molar-refractivity contribution in [2.75, 3.05) is 37.8 Å². The van der Waals surface area contributed by atoms with Gasteiger partial charge in [-0.1, -0.05) is 13.0 Å². The zero-order chi connectivity index (χ0) is 32.0. The Morgan fingerprint density at radius 2 is 2.00 bits per heavy atom. The van der Waals surface area contributed by atoms with Crippen molar-refractivity contribution in [2.24, 2.45) is 0 Å². The first-order valence-electron chi connectivity index (χ1n) is 16.9. The number of hydrogen-bond acceptors (Lipinski definition) is 10. The van der Waals surface area contributed by atoms with Gasteiger partial charge in [-0.3, -0.25) is 4.90 Å². The van der Waals surface area contributed by atoms with Gasteiger partial charge in [0.15, 0.2) is 5.82 Å². The molecule has 2 bridgehead atoms. The molecule has 2 aromatic carbocycles. The number of hydrogen-bond donors (Lipinski definition) is 3. The highest BCUT2D eigenvalue weighted by molar-refractivity contribution is 6.03. The lowest BCUT2D eigenvalue weighted by molar-refractivity contribution is 0.0644. The number of aromatic hydroxyl groups is 1. The maximum Gasteiger partial charge on any atom is 0.319 e. The molecule has 0 unspecified atom stereocenters. The molecule has 0 radical (unpaired) electrons. The Morgan fingerprint density at radius 3 is 2.85 bits per heavy atom. The van der Waals surface area contributed by atoms with Gasteiger partial charge < -0.3 is 29.9 Å². The summed E-state index contributed by atoms with van der Waals surface area (Å²) in [5.74, 6) is -0.453. The fraction of sp³-hybridized carbons (Fsp3) is 0.514. The van der Waals surface area contributed by atoms with Crippen LogP contribution in [0.4, 0.5) is 14.6 Å². The summed E-state index contributed by atoms with van der Waals surface area (Å²) in [7, 11) is 0. The molecule has 9 rings (SSSR count). The summed E-state index contributed by atoms with van der Waals surface area (Å²) in [5.41, 5.74) is 0.403. The molecule has 3 N–H and O–H groups in total. The van der Waals surface area contributed by atoms with Crippen LogP contribution < -0.4 is 19.7 Å². The van der Waals surface area contributed by atoms with Crippen LogP contribution >= 0.6 is 0 Å². The molecule has 2 aromatic heterocycles. The highest BCUT2D eigenvalue weighted by Gasteiger charge is 2.50. The summed E-state index contributed by atoms with van der Waals surface area (Å²) in [5, 5.41) is 25.8. The summed E-state index contributed by atoms with van der Waals surface area (Å²) in [6, 6.07) is 6.54. The fourth-order valence-electron chi connectivity index (χ4n) is 9.20. The molecule has 5 atom stereocenters. The highest BCUT2D eigenvalue weighted by atomic mass is 19.1. The molecule has 12 heteroatoms. The number of ether oxygens (including phenoxy) is 2. The van der Waals surface area contributed by atoms with Gasteiger partial charge in [-0.2, -0.15) is 9.97 Å². The van der Waals surface area contributed by atoms with Crippen LogP contribution in [0.5, 0.6) is 17.6 Å². The first kappa shape index (κ1) is 29.3. The summed E-state index contributed by atoms with van der Waals surface area (Å²) < 4.78 is 45.1. The van der Waals surface area contributed by atoms with E-state index in [4.69, 9.17) is 24.4 Å². The molecule has 4 saturated heterocycles. The first-order valence-corrected chi connectivity index (χ1v) is 16.9. The van der Waals surface area contributed by atoms with E-state index in [1.165, 1.54) is 12.1 Å². The molecule has 0 spiro atoms. The van der Waals surface area contributed by atoms with Gasteiger partial charge in [0.1, 0.15) is 47.2 Å². The number of rotatable bonds is 6. The fourth-order valence-corrected chi connectivity index (χ4v) is 9.20. The number of nitrogens with one attached hydrogen (secondary N) is 1. The minimum Gasteiger partial charge on any atom is -0.508 e. The number of piperazine rings is 1. The van der Waals surface area contributed by atoms with Crippen molar-refractivity contribution >= 4 is 27.5 Å². The largest absolute Gasteiger partial charge is 0.508 e. The molecular weight excluding hydrogens is 606 g/mol. The average Bonchev–Trinajstić information content (AvgIpc) is 3.74. The van der Waals surface area contributed by atoms with Crippen LogP contribution in [0.3, 0.4) is 0 Å². The van der Waals surface area contributed by atoms with Gasteiger partial charge in [-0.25, -0.2) is 13.8 Å². The zero-order valence-electron chi connectivity index (χ0n) is 26.3. The number of aliphatic hydroxyl groups excluding tert-OH is 1. The van der Waals surface area contributed by atoms with Crippen LogP contribution in [0.25, 0.3) is 32.9 Å². The third kappa shape index (κ3) is 4.40. The van der Waals surface area contributed by atoms with Gasteiger partial charge >= 0.3 is 6.01 Å². The van der Waals surface area contributed by atoms with E-state index in [1.807, 2.05) is 6.92 Å². The van der Waals surface area contributed by atoms with E-state index in [2.05, 4.69) is 15.1 Å². The monoisotopic (exact) mass is 644 g/mol. The highest BCUT2D eigenvalue weighted by Crippen LogP contribution is 2.46. The molecule has 4 aromatic rings. The van der Waals surface area contributed by atoms with Gasteiger partial charge in [0.25, 0.3) is 0 Å². The number of benzene rings is 2. The Kier molecular flexibility index (Phi) is 6.75. The van der Waals surface area contributed by atoms with E-state index in [1.54, 1.807) is 12.1 Å². The number of phenolic OH excluding ortho intramolecular Hbond substituents is 1. The molecule has 0 saturated carbocycles. The van der Waals surface area contributed by atoms with Gasteiger partial charge in [0, 0.05) is 30.2 Å². The van der Waals surface area contributed by atoms with Gasteiger partial charge in [0.05, 0.1) is 18.2 Å². The maximum absolute atomic E-state index is 17.1. The van der Waals surface area contributed by atoms with Gasteiger partial charge in [-0.15, -0.1) is 0 Å². The van der Waals surface area contributed by atoms with Crippen molar-refractivity contribution < 1.29 is 28.5 Å². The van der Waals surface area contributed by atoms with E-state index in [0.29, 0.717) is 53.7 Å². The summed E-state index contributed by atoms with van der Waals surface area (Å²) in [6.07, 6.45) is 6.19. The number of aromatic nitrogens is 3. The Hall–Kier alpha value is -3.87. The smallest absolute Gasteiger partial charge is 0.319 e. The molecule has 7 heterocycles. The van der Waals surface area contributed by atoms with Crippen LogP contribution in [0.2, 0.25) is 0 Å². The van der Waals surface area contributed by atoms with E-state index < -0.39 is 11.6 Å². The van der Waals surface area contributed by atoms with Crippen LogP contribution in [0.15, 0.2) is 24.3 Å². The Morgan fingerprint density at radius 1 is 1.11 bits per heavy atom. The number of aliphatic hydroxyl groups is 1. The first-order chi connectivity index (χ1) is 22.9. The van der Waals surface area contributed by atoms with Crippen LogP contribution in [0, 0.1) is 11.6 Å². The Balaban J connectivity index is 1.23. The molecular formula is C35H38F2N6O4. The van der Waals surface area contributed by atoms with Crippen LogP contribution in [-0.4, -0.2) is 92.7 Å². The normalized spacial score (nSPS) is 28.0. The predicted octanol–water partition coefficient (Wildman–Crippen LogP) is 4.46. The molecule has 5 aliphatic rings. The lowest BCUT2D eigenvalue weighted by atomic mass is 9.94. The van der Waals surface area contributed by atoms with E-state index in [0.717, 1.165) is 45.1 Å². The van der Waals surface area contributed by atoms with Crippen LogP contribution in [0.1, 0.15) is 51.0 Å². The summed E-state index contributed by atoms with van der Waals surface area (Å²) in [4.78, 5) is 19.0. The van der Waals surface area contributed by atoms with E-state index in [9.17, 15) is 10.2 Å². The third-order valence-corrected chi connectivity index (χ3v) is 11.4. The molecule has 246 valence electrons. The van der Waals surface area contributed by atoms with Crippen LogP contribution in [-0.2, 0) is 6.42 Å². The number of phenols is 1. The number of pyridine rings is 1. The van der Waals surface area contributed by atoms with Crippen molar-refractivity contribution in [2.45, 2.75) is 81.6 Å². The topological polar surface area (TPSA) is 116 Å².